The zero-order valence-electron chi connectivity index (χ0n) is 15.2. The van der Waals surface area contributed by atoms with Crippen molar-refractivity contribution in [3.63, 3.8) is 0 Å². The summed E-state index contributed by atoms with van der Waals surface area (Å²) in [6.07, 6.45) is 0. The van der Waals surface area contributed by atoms with Crippen molar-refractivity contribution in [3.05, 3.63) is 78.1 Å². The molecule has 0 unspecified atom stereocenters. The molecule has 3 aromatic carbocycles. The third kappa shape index (κ3) is 4.31. The number of fused-ring (bicyclic) bond motifs is 1. The maximum atomic E-state index is 13.8. The maximum Gasteiger partial charge on any atom is 0.254 e. The van der Waals surface area contributed by atoms with Gasteiger partial charge in [0.15, 0.2) is 0 Å². The number of carbonyl (C=O) groups excluding carboxylic acids is 2. The van der Waals surface area contributed by atoms with E-state index in [9.17, 15) is 14.0 Å². The van der Waals surface area contributed by atoms with Gasteiger partial charge in [-0.05, 0) is 41.0 Å². The molecule has 0 heterocycles. The van der Waals surface area contributed by atoms with E-state index >= 15 is 0 Å². The first kappa shape index (κ1) is 18.6. The van der Waals surface area contributed by atoms with Gasteiger partial charge in [-0.15, -0.1) is 0 Å². The standard InChI is InChI=1S/C22H21FN2O2/c1-14(2)20(25-21(26)18-9-5-6-10-19(18)23)22(27)24-17-12-11-15-7-3-4-8-16(15)13-17/h3-14,20H,1-2H3,(H,24,27)(H,25,26)/t20-/m0/s1. The fourth-order valence-corrected chi connectivity index (χ4v) is 2.89. The predicted molar refractivity (Wildman–Crippen MR) is 105 cm³/mol. The van der Waals surface area contributed by atoms with Gasteiger partial charge in [0.2, 0.25) is 5.91 Å². The maximum absolute atomic E-state index is 13.8. The minimum absolute atomic E-state index is 0.0818. The summed E-state index contributed by atoms with van der Waals surface area (Å²) in [6.45, 7) is 3.65. The van der Waals surface area contributed by atoms with E-state index in [1.165, 1.54) is 18.2 Å². The Kier molecular flexibility index (Phi) is 5.50. The lowest BCUT2D eigenvalue weighted by molar-refractivity contribution is -0.118. The van der Waals surface area contributed by atoms with Gasteiger partial charge in [-0.1, -0.05) is 56.3 Å². The summed E-state index contributed by atoms with van der Waals surface area (Å²) >= 11 is 0. The molecule has 3 aromatic rings. The lowest BCUT2D eigenvalue weighted by atomic mass is 10.0. The summed E-state index contributed by atoms with van der Waals surface area (Å²) in [5.41, 5.74) is 0.561. The smallest absolute Gasteiger partial charge is 0.254 e. The highest BCUT2D eigenvalue weighted by molar-refractivity contribution is 6.02. The molecule has 0 saturated heterocycles. The van der Waals surface area contributed by atoms with E-state index in [2.05, 4.69) is 10.6 Å². The molecule has 27 heavy (non-hydrogen) atoms. The summed E-state index contributed by atoms with van der Waals surface area (Å²) in [5.74, 6) is -1.74. The monoisotopic (exact) mass is 364 g/mol. The number of hydrogen-bond donors (Lipinski definition) is 2. The van der Waals surface area contributed by atoms with Crippen molar-refractivity contribution in [3.8, 4) is 0 Å². The van der Waals surface area contributed by atoms with Crippen LogP contribution in [0, 0.1) is 11.7 Å². The molecule has 4 nitrogen and oxygen atoms in total. The van der Waals surface area contributed by atoms with Crippen molar-refractivity contribution in [2.45, 2.75) is 19.9 Å². The number of carbonyl (C=O) groups is 2. The summed E-state index contributed by atoms with van der Waals surface area (Å²) in [4.78, 5) is 25.1. The van der Waals surface area contributed by atoms with Crippen molar-refractivity contribution in [1.82, 2.24) is 5.32 Å². The largest absolute Gasteiger partial charge is 0.340 e. The number of halogens is 1. The summed E-state index contributed by atoms with van der Waals surface area (Å²) < 4.78 is 13.8. The van der Waals surface area contributed by atoms with Crippen LogP contribution in [0.15, 0.2) is 66.7 Å². The summed E-state index contributed by atoms with van der Waals surface area (Å²) in [6, 6.07) is 18.4. The fraction of sp³-hybridized carbons (Fsp3) is 0.182. The molecular weight excluding hydrogens is 343 g/mol. The van der Waals surface area contributed by atoms with Crippen molar-refractivity contribution in [2.75, 3.05) is 5.32 Å². The molecule has 0 aliphatic heterocycles. The first-order valence-corrected chi connectivity index (χ1v) is 8.81. The van der Waals surface area contributed by atoms with E-state index < -0.39 is 17.8 Å². The van der Waals surface area contributed by atoms with Crippen LogP contribution in [0.3, 0.4) is 0 Å². The number of nitrogens with one attached hydrogen (secondary N) is 2. The van der Waals surface area contributed by atoms with E-state index in [0.717, 1.165) is 10.8 Å². The molecule has 0 aromatic heterocycles. The molecule has 0 saturated carbocycles. The van der Waals surface area contributed by atoms with E-state index in [1.807, 2.05) is 56.3 Å². The van der Waals surface area contributed by atoms with Crippen molar-refractivity contribution < 1.29 is 14.0 Å². The number of amides is 2. The minimum atomic E-state index is -0.788. The number of benzene rings is 3. The highest BCUT2D eigenvalue weighted by Gasteiger charge is 2.25. The molecule has 0 aliphatic rings. The van der Waals surface area contributed by atoms with Gasteiger partial charge in [-0.2, -0.15) is 0 Å². The van der Waals surface area contributed by atoms with Crippen LogP contribution in [-0.4, -0.2) is 17.9 Å². The van der Waals surface area contributed by atoms with Crippen molar-refractivity contribution >= 4 is 28.3 Å². The normalized spacial score (nSPS) is 12.0. The summed E-state index contributed by atoms with van der Waals surface area (Å²) in [5, 5.41) is 7.56. The van der Waals surface area contributed by atoms with Gasteiger partial charge in [-0.25, -0.2) is 4.39 Å². The Morgan fingerprint density at radius 1 is 0.889 bits per heavy atom. The molecule has 1 atom stereocenters. The zero-order chi connectivity index (χ0) is 19.4. The Bertz CT molecular complexity index is 985. The van der Waals surface area contributed by atoms with Gasteiger partial charge in [0.1, 0.15) is 11.9 Å². The van der Waals surface area contributed by atoms with E-state index in [4.69, 9.17) is 0 Å². The average Bonchev–Trinajstić information content (AvgIpc) is 2.65. The topological polar surface area (TPSA) is 58.2 Å². The Morgan fingerprint density at radius 3 is 2.26 bits per heavy atom. The third-order valence-corrected chi connectivity index (χ3v) is 4.37. The van der Waals surface area contributed by atoms with Crippen LogP contribution in [0.4, 0.5) is 10.1 Å². The number of rotatable bonds is 5. The Labute approximate surface area is 157 Å². The van der Waals surface area contributed by atoms with Crippen LogP contribution in [0.5, 0.6) is 0 Å². The zero-order valence-corrected chi connectivity index (χ0v) is 15.2. The Balaban J connectivity index is 1.76. The first-order chi connectivity index (χ1) is 13.0. The Morgan fingerprint density at radius 2 is 1.56 bits per heavy atom. The second-order valence-electron chi connectivity index (χ2n) is 6.73. The molecule has 0 aliphatic carbocycles. The lowest BCUT2D eigenvalue weighted by Gasteiger charge is -2.22. The fourth-order valence-electron chi connectivity index (χ4n) is 2.89. The van der Waals surface area contributed by atoms with Crippen LogP contribution < -0.4 is 10.6 Å². The molecule has 0 radical (unpaired) electrons. The van der Waals surface area contributed by atoms with Gasteiger partial charge in [0.25, 0.3) is 5.91 Å². The number of anilines is 1. The van der Waals surface area contributed by atoms with Crippen LogP contribution in [0.2, 0.25) is 0 Å². The molecule has 2 N–H and O–H groups in total. The van der Waals surface area contributed by atoms with Gasteiger partial charge in [0, 0.05) is 5.69 Å². The second-order valence-corrected chi connectivity index (χ2v) is 6.73. The number of hydrogen-bond acceptors (Lipinski definition) is 2. The quantitative estimate of drug-likeness (QED) is 0.706. The van der Waals surface area contributed by atoms with Crippen molar-refractivity contribution in [1.29, 1.82) is 0 Å². The van der Waals surface area contributed by atoms with Gasteiger partial charge in [-0.3, -0.25) is 9.59 Å². The molecule has 2 amide bonds. The summed E-state index contributed by atoms with van der Waals surface area (Å²) in [7, 11) is 0. The molecule has 5 heteroatoms. The highest BCUT2D eigenvalue weighted by Crippen LogP contribution is 2.19. The van der Waals surface area contributed by atoms with Gasteiger partial charge in [0.05, 0.1) is 5.56 Å². The van der Waals surface area contributed by atoms with Crippen LogP contribution in [-0.2, 0) is 4.79 Å². The predicted octanol–water partition coefficient (Wildman–Crippen LogP) is 4.37. The molecule has 3 rings (SSSR count). The van der Waals surface area contributed by atoms with Crippen LogP contribution >= 0.6 is 0 Å². The molecule has 0 fully saturated rings. The van der Waals surface area contributed by atoms with Gasteiger partial charge < -0.3 is 10.6 Å². The van der Waals surface area contributed by atoms with Gasteiger partial charge >= 0.3 is 0 Å². The van der Waals surface area contributed by atoms with E-state index in [1.54, 1.807) is 6.07 Å². The van der Waals surface area contributed by atoms with E-state index in [0.29, 0.717) is 5.69 Å². The molecule has 138 valence electrons. The third-order valence-electron chi connectivity index (χ3n) is 4.37. The van der Waals surface area contributed by atoms with Crippen LogP contribution in [0.1, 0.15) is 24.2 Å². The SMILES string of the molecule is CC(C)[C@H](NC(=O)c1ccccc1F)C(=O)Nc1ccc2ccccc2c1. The molecule has 0 spiro atoms. The van der Waals surface area contributed by atoms with Crippen molar-refractivity contribution in [2.24, 2.45) is 5.92 Å². The average molecular weight is 364 g/mol. The molecular formula is C22H21FN2O2. The minimum Gasteiger partial charge on any atom is -0.340 e. The second kappa shape index (κ2) is 7.99. The Hall–Kier alpha value is -3.21. The lowest BCUT2D eigenvalue weighted by Crippen LogP contribution is -2.47. The van der Waals surface area contributed by atoms with E-state index in [-0.39, 0.29) is 17.4 Å². The van der Waals surface area contributed by atoms with Crippen LogP contribution in [0.25, 0.3) is 10.8 Å². The first-order valence-electron chi connectivity index (χ1n) is 8.81. The molecule has 0 bridgehead atoms. The highest BCUT2D eigenvalue weighted by atomic mass is 19.1.